The van der Waals surface area contributed by atoms with E-state index < -0.39 is 75.0 Å². The summed E-state index contributed by atoms with van der Waals surface area (Å²) in [6.07, 6.45) is 0. The van der Waals surface area contributed by atoms with Gasteiger partial charge in [-0.05, 0) is 90.3 Å². The van der Waals surface area contributed by atoms with Gasteiger partial charge in [0, 0.05) is 27.8 Å². The first kappa shape index (κ1) is 35.5. The first-order valence-electron chi connectivity index (χ1n) is 16.5. The lowest BCUT2D eigenvalue weighted by molar-refractivity contribution is 0.379. The standard InChI is InChI=1S/C43H22F10N2/c1-21-7-17-28-29-20-23(10-18-30(29)55(31(28)19-21)25-5-3-2-4-6-25)22-8-13-26(14-9-22)54(27-15-11-24(44)12-16-27)43-41(52)36(47)33(37(48)42(43)53)32-34(45)38(49)40(51)39(50)35(32)46/h2-20H,1H3. The highest BCUT2D eigenvalue weighted by molar-refractivity contribution is 6.10. The summed E-state index contributed by atoms with van der Waals surface area (Å²) in [6, 6.07) is 31.5. The van der Waals surface area contributed by atoms with Crippen LogP contribution < -0.4 is 4.90 Å². The summed E-state index contributed by atoms with van der Waals surface area (Å²) in [4.78, 5) is 0.682. The summed E-state index contributed by atoms with van der Waals surface area (Å²) >= 11 is 0. The molecule has 12 heteroatoms. The lowest BCUT2D eigenvalue weighted by atomic mass is 9.99. The van der Waals surface area contributed by atoms with Crippen LogP contribution in [0.3, 0.4) is 0 Å². The molecule has 0 fully saturated rings. The molecule has 0 aliphatic heterocycles. The molecule has 0 saturated heterocycles. The second-order valence-corrected chi connectivity index (χ2v) is 12.7. The molecular weight excluding hydrogens is 734 g/mol. The third kappa shape index (κ3) is 5.67. The highest BCUT2D eigenvalue weighted by Crippen LogP contribution is 2.45. The lowest BCUT2D eigenvalue weighted by Gasteiger charge is -2.27. The minimum absolute atomic E-state index is 0.104. The molecule has 0 spiro atoms. The molecule has 0 unspecified atom stereocenters. The van der Waals surface area contributed by atoms with Gasteiger partial charge in [-0.25, -0.2) is 43.9 Å². The maximum Gasteiger partial charge on any atom is 0.200 e. The van der Waals surface area contributed by atoms with Gasteiger partial charge in [0.15, 0.2) is 46.5 Å². The second kappa shape index (κ2) is 13.4. The molecule has 1 heterocycles. The summed E-state index contributed by atoms with van der Waals surface area (Å²) in [7, 11) is 0. The van der Waals surface area contributed by atoms with Gasteiger partial charge in [0.05, 0.1) is 22.2 Å². The Balaban J connectivity index is 1.27. The molecule has 0 atom stereocenters. The summed E-state index contributed by atoms with van der Waals surface area (Å²) in [5, 5.41) is 1.91. The van der Waals surface area contributed by atoms with E-state index in [1.165, 1.54) is 12.1 Å². The van der Waals surface area contributed by atoms with E-state index in [1.54, 1.807) is 12.1 Å². The van der Waals surface area contributed by atoms with Crippen molar-refractivity contribution in [2.24, 2.45) is 0 Å². The second-order valence-electron chi connectivity index (χ2n) is 12.7. The maximum atomic E-state index is 16.0. The van der Waals surface area contributed by atoms with Crippen molar-refractivity contribution in [3.05, 3.63) is 179 Å². The minimum Gasteiger partial charge on any atom is -0.309 e. The molecule has 0 bridgehead atoms. The molecule has 0 aliphatic carbocycles. The average molecular weight is 757 g/mol. The Hall–Kier alpha value is -6.56. The average Bonchev–Trinajstić information content (AvgIpc) is 3.52. The summed E-state index contributed by atoms with van der Waals surface area (Å²) in [6.45, 7) is 2.00. The number of rotatable bonds is 6. The molecule has 8 aromatic rings. The topological polar surface area (TPSA) is 8.17 Å². The lowest BCUT2D eigenvalue weighted by Crippen LogP contribution is -2.17. The zero-order chi connectivity index (χ0) is 38.9. The Morgan fingerprint density at radius 3 is 1.51 bits per heavy atom. The Labute approximate surface area is 305 Å². The van der Waals surface area contributed by atoms with Crippen LogP contribution >= 0.6 is 0 Å². The van der Waals surface area contributed by atoms with Crippen LogP contribution in [0.5, 0.6) is 0 Å². The molecule has 1 aromatic heterocycles. The third-order valence-electron chi connectivity index (χ3n) is 9.40. The van der Waals surface area contributed by atoms with Crippen LogP contribution in [-0.4, -0.2) is 4.57 Å². The fourth-order valence-corrected chi connectivity index (χ4v) is 6.83. The largest absolute Gasteiger partial charge is 0.309 e. The van der Waals surface area contributed by atoms with Crippen LogP contribution in [0, 0.1) is 65.1 Å². The highest BCUT2D eigenvalue weighted by Gasteiger charge is 2.36. The summed E-state index contributed by atoms with van der Waals surface area (Å²) in [5.74, 6) is -23.3. The van der Waals surface area contributed by atoms with E-state index in [4.69, 9.17) is 0 Å². The molecule has 7 aromatic carbocycles. The van der Waals surface area contributed by atoms with Crippen LogP contribution in [0.15, 0.2) is 115 Å². The van der Waals surface area contributed by atoms with Gasteiger partial charge in [-0.2, -0.15) is 0 Å². The Morgan fingerprint density at radius 2 is 0.927 bits per heavy atom. The predicted octanol–water partition coefficient (Wildman–Crippen LogP) is 13.3. The first-order valence-corrected chi connectivity index (χ1v) is 16.5. The van der Waals surface area contributed by atoms with Crippen LogP contribution in [0.1, 0.15) is 5.56 Å². The number of nitrogens with zero attached hydrogens (tertiary/aromatic N) is 2. The van der Waals surface area contributed by atoms with Crippen molar-refractivity contribution in [1.82, 2.24) is 4.57 Å². The van der Waals surface area contributed by atoms with E-state index in [-0.39, 0.29) is 11.4 Å². The number of hydrogen-bond acceptors (Lipinski definition) is 1. The molecule has 0 saturated carbocycles. The van der Waals surface area contributed by atoms with Gasteiger partial charge in [0.1, 0.15) is 11.5 Å². The monoisotopic (exact) mass is 756 g/mol. The van der Waals surface area contributed by atoms with Crippen molar-refractivity contribution < 1.29 is 43.9 Å². The number of para-hydroxylation sites is 1. The van der Waals surface area contributed by atoms with Crippen molar-refractivity contribution in [3.8, 4) is 27.9 Å². The Bertz CT molecular complexity index is 2760. The first-order chi connectivity index (χ1) is 26.4. The molecule has 0 N–H and O–H groups in total. The van der Waals surface area contributed by atoms with Crippen molar-refractivity contribution in [2.45, 2.75) is 6.92 Å². The highest BCUT2D eigenvalue weighted by atomic mass is 19.2. The van der Waals surface area contributed by atoms with E-state index in [9.17, 15) is 26.3 Å². The maximum absolute atomic E-state index is 16.0. The zero-order valence-electron chi connectivity index (χ0n) is 28.1. The number of aryl methyl sites for hydroxylation is 1. The molecule has 0 amide bonds. The normalized spacial score (nSPS) is 11.5. The molecule has 55 heavy (non-hydrogen) atoms. The van der Waals surface area contributed by atoms with Gasteiger partial charge in [-0.1, -0.05) is 48.5 Å². The zero-order valence-corrected chi connectivity index (χ0v) is 28.1. The molecule has 274 valence electrons. The fourth-order valence-electron chi connectivity index (χ4n) is 6.83. The number of benzene rings is 7. The minimum atomic E-state index is -2.66. The summed E-state index contributed by atoms with van der Waals surface area (Å²) in [5.41, 5.74) is -0.822. The molecule has 2 nitrogen and oxygen atoms in total. The fraction of sp³-hybridized carbons (Fsp3) is 0.0233. The van der Waals surface area contributed by atoms with Crippen LogP contribution in [0.4, 0.5) is 61.0 Å². The number of fused-ring (bicyclic) bond motifs is 3. The van der Waals surface area contributed by atoms with E-state index in [2.05, 4.69) is 10.6 Å². The quantitative estimate of drug-likeness (QED) is 0.0932. The predicted molar refractivity (Wildman–Crippen MR) is 191 cm³/mol. The molecular formula is C43H22F10N2. The molecule has 0 radical (unpaired) electrons. The van der Waals surface area contributed by atoms with Crippen molar-refractivity contribution in [2.75, 3.05) is 4.90 Å². The van der Waals surface area contributed by atoms with Gasteiger partial charge in [-0.3, -0.25) is 0 Å². The number of halogens is 10. The van der Waals surface area contributed by atoms with Crippen molar-refractivity contribution >= 4 is 38.9 Å². The SMILES string of the molecule is Cc1ccc2c3cc(-c4ccc(N(c5ccc(F)cc5)c5c(F)c(F)c(-c6c(F)c(F)c(F)c(F)c6F)c(F)c5F)cc4)ccc3n(-c3ccccc3)c2c1. The van der Waals surface area contributed by atoms with Crippen molar-refractivity contribution in [1.29, 1.82) is 0 Å². The van der Waals surface area contributed by atoms with Gasteiger partial charge in [0.25, 0.3) is 0 Å². The Morgan fingerprint density at radius 1 is 0.418 bits per heavy atom. The van der Waals surface area contributed by atoms with Gasteiger partial charge in [-0.15, -0.1) is 0 Å². The summed E-state index contributed by atoms with van der Waals surface area (Å²) < 4.78 is 150. The van der Waals surface area contributed by atoms with Gasteiger partial charge >= 0.3 is 0 Å². The van der Waals surface area contributed by atoms with E-state index in [0.29, 0.717) is 10.5 Å². The molecule has 8 rings (SSSR count). The van der Waals surface area contributed by atoms with Crippen molar-refractivity contribution in [3.63, 3.8) is 0 Å². The number of aromatic nitrogens is 1. The smallest absolute Gasteiger partial charge is 0.200 e. The van der Waals surface area contributed by atoms with Crippen LogP contribution in [0.2, 0.25) is 0 Å². The van der Waals surface area contributed by atoms with Gasteiger partial charge in [0.2, 0.25) is 5.82 Å². The van der Waals surface area contributed by atoms with Gasteiger partial charge < -0.3 is 9.47 Å². The molecule has 0 aliphatic rings. The van der Waals surface area contributed by atoms with E-state index in [0.717, 1.165) is 62.9 Å². The third-order valence-corrected chi connectivity index (χ3v) is 9.40. The number of hydrogen-bond donors (Lipinski definition) is 0. The van der Waals surface area contributed by atoms with E-state index >= 15 is 17.6 Å². The van der Waals surface area contributed by atoms with Crippen LogP contribution in [-0.2, 0) is 0 Å². The Kier molecular flexibility index (Phi) is 8.63. The van der Waals surface area contributed by atoms with E-state index in [1.807, 2.05) is 67.6 Å². The van der Waals surface area contributed by atoms with Crippen LogP contribution in [0.25, 0.3) is 49.7 Å². The number of anilines is 3.